The summed E-state index contributed by atoms with van der Waals surface area (Å²) in [7, 11) is 5.77. The van der Waals surface area contributed by atoms with Gasteiger partial charge in [0.15, 0.2) is 5.96 Å². The third-order valence-corrected chi connectivity index (χ3v) is 4.30. The minimum absolute atomic E-state index is 0.0877. The number of aryl methyl sites for hydroxylation is 1. The second-order valence-corrected chi connectivity index (χ2v) is 6.62. The molecule has 7 heteroatoms. The molecule has 0 saturated heterocycles. The minimum Gasteiger partial charge on any atom is -0.354 e. The van der Waals surface area contributed by atoms with E-state index >= 15 is 0 Å². The smallest absolute Gasteiger partial charge is 0.251 e. The van der Waals surface area contributed by atoms with Gasteiger partial charge in [-0.05, 0) is 30.3 Å². The Kier molecular flexibility index (Phi) is 7.06. The van der Waals surface area contributed by atoms with Crippen molar-refractivity contribution in [2.75, 3.05) is 27.2 Å². The molecule has 134 valence electrons. The molecular formula is C18H24BrN5O. The van der Waals surface area contributed by atoms with Crippen molar-refractivity contribution in [3.8, 4) is 0 Å². The number of nitrogens with one attached hydrogen (secondary N) is 2. The van der Waals surface area contributed by atoms with E-state index in [0.717, 1.165) is 17.0 Å². The van der Waals surface area contributed by atoms with Crippen LogP contribution in [0.15, 0.2) is 52.1 Å². The third-order valence-electron chi connectivity index (χ3n) is 3.80. The van der Waals surface area contributed by atoms with Crippen molar-refractivity contribution in [2.45, 2.75) is 6.54 Å². The van der Waals surface area contributed by atoms with Crippen molar-refractivity contribution < 1.29 is 4.79 Å². The Hall–Kier alpha value is -2.28. The third kappa shape index (κ3) is 5.63. The van der Waals surface area contributed by atoms with E-state index in [1.807, 2.05) is 43.4 Å². The number of rotatable bonds is 6. The van der Waals surface area contributed by atoms with Crippen LogP contribution in [-0.2, 0) is 13.6 Å². The van der Waals surface area contributed by atoms with Crippen molar-refractivity contribution in [1.29, 1.82) is 0 Å². The maximum absolute atomic E-state index is 12.1. The van der Waals surface area contributed by atoms with E-state index in [-0.39, 0.29) is 5.91 Å². The van der Waals surface area contributed by atoms with Gasteiger partial charge in [-0.25, -0.2) is 0 Å². The van der Waals surface area contributed by atoms with E-state index in [0.29, 0.717) is 18.7 Å². The lowest BCUT2D eigenvalue weighted by atomic mass is 10.2. The molecule has 25 heavy (non-hydrogen) atoms. The number of benzene rings is 1. The van der Waals surface area contributed by atoms with Crippen LogP contribution in [0.2, 0.25) is 0 Å². The van der Waals surface area contributed by atoms with Crippen LogP contribution in [0.4, 0.5) is 0 Å². The Morgan fingerprint density at radius 1 is 1.24 bits per heavy atom. The topological polar surface area (TPSA) is 61.7 Å². The van der Waals surface area contributed by atoms with E-state index in [1.165, 1.54) is 5.69 Å². The van der Waals surface area contributed by atoms with E-state index < -0.39 is 0 Å². The molecule has 0 radical (unpaired) electrons. The average molecular weight is 406 g/mol. The lowest BCUT2D eigenvalue weighted by Crippen LogP contribution is -2.42. The van der Waals surface area contributed by atoms with Crippen molar-refractivity contribution >= 4 is 27.8 Å². The first-order chi connectivity index (χ1) is 12.0. The summed E-state index contributed by atoms with van der Waals surface area (Å²) in [5.41, 5.74) is 1.84. The maximum atomic E-state index is 12.1. The van der Waals surface area contributed by atoms with Gasteiger partial charge in [0.1, 0.15) is 0 Å². The molecule has 1 aromatic carbocycles. The fourth-order valence-corrected chi connectivity index (χ4v) is 2.84. The Labute approximate surface area is 157 Å². The van der Waals surface area contributed by atoms with Gasteiger partial charge < -0.3 is 20.1 Å². The van der Waals surface area contributed by atoms with Crippen molar-refractivity contribution in [3.63, 3.8) is 0 Å². The summed E-state index contributed by atoms with van der Waals surface area (Å²) in [6, 6.07) is 11.4. The number of nitrogens with zero attached hydrogens (tertiary/aromatic N) is 3. The molecular weight excluding hydrogens is 382 g/mol. The largest absolute Gasteiger partial charge is 0.354 e. The van der Waals surface area contributed by atoms with Crippen LogP contribution in [0.25, 0.3) is 0 Å². The van der Waals surface area contributed by atoms with E-state index in [2.05, 4.69) is 42.2 Å². The van der Waals surface area contributed by atoms with Gasteiger partial charge in [-0.1, -0.05) is 22.0 Å². The molecule has 0 bridgehead atoms. The highest BCUT2D eigenvalue weighted by Gasteiger charge is 2.09. The lowest BCUT2D eigenvalue weighted by Gasteiger charge is -2.22. The molecule has 2 aromatic rings. The molecule has 1 heterocycles. The van der Waals surface area contributed by atoms with Crippen LogP contribution < -0.4 is 10.6 Å². The second kappa shape index (κ2) is 9.27. The number of aliphatic imine (C=N–C) groups is 1. The zero-order chi connectivity index (χ0) is 18.2. The first-order valence-electron chi connectivity index (χ1n) is 8.07. The average Bonchev–Trinajstić information content (AvgIpc) is 2.99. The van der Waals surface area contributed by atoms with Gasteiger partial charge in [-0.15, -0.1) is 0 Å². The Bertz CT molecular complexity index is 741. The fraction of sp³-hybridized carbons (Fsp3) is 0.333. The highest BCUT2D eigenvalue weighted by molar-refractivity contribution is 9.10. The van der Waals surface area contributed by atoms with Gasteiger partial charge in [0.25, 0.3) is 5.91 Å². The summed E-state index contributed by atoms with van der Waals surface area (Å²) in [5.74, 6) is 0.702. The first kappa shape index (κ1) is 19.1. The lowest BCUT2D eigenvalue weighted by molar-refractivity contribution is 0.0954. The molecule has 0 unspecified atom stereocenters. The Morgan fingerprint density at radius 2 is 2.00 bits per heavy atom. The number of halogens is 1. The molecule has 1 amide bonds. The normalized spacial score (nSPS) is 11.3. The first-order valence-corrected chi connectivity index (χ1v) is 8.86. The number of hydrogen-bond donors (Lipinski definition) is 2. The zero-order valence-electron chi connectivity index (χ0n) is 14.8. The summed E-state index contributed by atoms with van der Waals surface area (Å²) in [4.78, 5) is 18.4. The number of amides is 1. The second-order valence-electron chi connectivity index (χ2n) is 5.71. The fourth-order valence-electron chi connectivity index (χ4n) is 2.45. The van der Waals surface area contributed by atoms with Crippen molar-refractivity contribution in [2.24, 2.45) is 12.0 Å². The molecule has 0 spiro atoms. The van der Waals surface area contributed by atoms with Crippen LogP contribution in [0, 0.1) is 0 Å². The summed E-state index contributed by atoms with van der Waals surface area (Å²) in [6.07, 6.45) is 2.02. The van der Waals surface area contributed by atoms with E-state index in [1.54, 1.807) is 19.2 Å². The number of aromatic nitrogens is 1. The maximum Gasteiger partial charge on any atom is 0.251 e. The van der Waals surface area contributed by atoms with Crippen LogP contribution in [-0.4, -0.2) is 48.5 Å². The standard InChI is InChI=1S/C18H24BrN5O/c1-20-18(24(3)13-16-8-5-11-23(16)2)22-10-9-21-17(25)14-6-4-7-15(19)12-14/h4-8,11-12H,9-10,13H2,1-3H3,(H,20,22)(H,21,25). The molecule has 2 rings (SSSR count). The molecule has 0 atom stereocenters. The van der Waals surface area contributed by atoms with Crippen LogP contribution in [0.5, 0.6) is 0 Å². The highest BCUT2D eigenvalue weighted by atomic mass is 79.9. The SMILES string of the molecule is CN=C(NCCNC(=O)c1cccc(Br)c1)N(C)Cc1cccn1C. The molecule has 6 nitrogen and oxygen atoms in total. The number of hydrogen-bond acceptors (Lipinski definition) is 2. The van der Waals surface area contributed by atoms with Crippen molar-refractivity contribution in [1.82, 2.24) is 20.1 Å². The summed E-state index contributed by atoms with van der Waals surface area (Å²) < 4.78 is 2.98. The Morgan fingerprint density at radius 3 is 2.64 bits per heavy atom. The highest BCUT2D eigenvalue weighted by Crippen LogP contribution is 2.11. The zero-order valence-corrected chi connectivity index (χ0v) is 16.4. The molecule has 0 aliphatic heterocycles. The van der Waals surface area contributed by atoms with Crippen molar-refractivity contribution in [3.05, 3.63) is 58.3 Å². The number of carbonyl (C=O) groups excluding carboxylic acids is 1. The summed E-state index contributed by atoms with van der Waals surface area (Å²) >= 11 is 3.37. The minimum atomic E-state index is -0.0877. The van der Waals surface area contributed by atoms with Crippen LogP contribution in [0.1, 0.15) is 16.1 Å². The Balaban J connectivity index is 1.77. The molecule has 0 fully saturated rings. The van der Waals surface area contributed by atoms with Gasteiger partial charge in [0, 0.05) is 56.2 Å². The molecule has 1 aromatic heterocycles. The molecule has 0 aliphatic rings. The quantitative estimate of drug-likeness (QED) is 0.440. The van der Waals surface area contributed by atoms with E-state index in [9.17, 15) is 4.79 Å². The van der Waals surface area contributed by atoms with Gasteiger partial charge in [-0.2, -0.15) is 0 Å². The predicted molar refractivity (Wildman–Crippen MR) is 105 cm³/mol. The molecule has 0 saturated carbocycles. The number of carbonyl (C=O) groups is 1. The summed E-state index contributed by atoms with van der Waals surface area (Å²) in [6.45, 7) is 1.87. The monoisotopic (exact) mass is 405 g/mol. The van der Waals surface area contributed by atoms with Gasteiger partial charge in [0.2, 0.25) is 0 Å². The molecule has 2 N–H and O–H groups in total. The predicted octanol–water partition coefficient (Wildman–Crippen LogP) is 2.22. The van der Waals surface area contributed by atoms with Crippen LogP contribution >= 0.6 is 15.9 Å². The van der Waals surface area contributed by atoms with Gasteiger partial charge in [-0.3, -0.25) is 9.79 Å². The van der Waals surface area contributed by atoms with E-state index in [4.69, 9.17) is 0 Å². The van der Waals surface area contributed by atoms with Gasteiger partial charge in [0.05, 0.1) is 6.54 Å². The summed E-state index contributed by atoms with van der Waals surface area (Å²) in [5, 5.41) is 6.16. The van der Waals surface area contributed by atoms with Gasteiger partial charge >= 0.3 is 0 Å². The van der Waals surface area contributed by atoms with Crippen LogP contribution in [0.3, 0.4) is 0 Å². The number of guanidine groups is 1. The molecule has 0 aliphatic carbocycles.